The lowest BCUT2D eigenvalue weighted by molar-refractivity contribution is -0.123. The molecule has 2 aromatic rings. The van der Waals surface area contributed by atoms with Crippen molar-refractivity contribution in [1.29, 1.82) is 0 Å². The minimum atomic E-state index is -3.79. The molecule has 3 rings (SSSR count). The summed E-state index contributed by atoms with van der Waals surface area (Å²) < 4.78 is 33.5. The number of sulfonamides is 1. The molecule has 0 spiro atoms. The third-order valence-corrected chi connectivity index (χ3v) is 7.96. The number of methoxy groups -OCH3 is 1. The molecule has 0 bridgehead atoms. The lowest BCUT2D eigenvalue weighted by atomic mass is 10.0. The molecule has 33 heavy (non-hydrogen) atoms. The third-order valence-electron chi connectivity index (χ3n) is 5.83. The number of likely N-dealkylation sites (tertiary alicyclic amines) is 1. The quantitative estimate of drug-likeness (QED) is 0.475. The highest BCUT2D eigenvalue weighted by molar-refractivity contribution is 7.98. The molecule has 1 saturated heterocycles. The summed E-state index contributed by atoms with van der Waals surface area (Å²) in [5, 5.41) is 3.02. The van der Waals surface area contributed by atoms with Gasteiger partial charge in [-0.05, 0) is 74.2 Å². The Morgan fingerprint density at radius 1 is 1.09 bits per heavy atom. The van der Waals surface area contributed by atoms with E-state index in [-0.39, 0.29) is 16.8 Å². The minimum absolute atomic E-state index is 0.0225. The van der Waals surface area contributed by atoms with Gasteiger partial charge in [0.25, 0.3) is 0 Å². The molecule has 2 unspecified atom stereocenters. The first-order valence-electron chi connectivity index (χ1n) is 11.2. The topological polar surface area (TPSA) is 87.7 Å². The molecule has 1 aliphatic rings. The summed E-state index contributed by atoms with van der Waals surface area (Å²) >= 11 is 1.58. The van der Waals surface area contributed by atoms with E-state index in [1.54, 1.807) is 37.1 Å². The average Bonchev–Trinajstić information content (AvgIpc) is 3.37. The number of hydrogen-bond acceptors (Lipinski definition) is 6. The molecule has 2 N–H and O–H groups in total. The fourth-order valence-electron chi connectivity index (χ4n) is 3.99. The summed E-state index contributed by atoms with van der Waals surface area (Å²) in [5.41, 5.74) is 1.10. The minimum Gasteiger partial charge on any atom is -0.497 e. The van der Waals surface area contributed by atoms with Crippen LogP contribution in [0.2, 0.25) is 0 Å². The molecule has 2 atom stereocenters. The molecular formula is C24H33N3O4S2. The molecule has 1 amide bonds. The molecule has 1 fully saturated rings. The smallest absolute Gasteiger partial charge is 0.241 e. The Balaban J connectivity index is 1.72. The van der Waals surface area contributed by atoms with Crippen LogP contribution in [-0.4, -0.2) is 64.0 Å². The largest absolute Gasteiger partial charge is 0.497 e. The van der Waals surface area contributed by atoms with E-state index in [1.165, 1.54) is 12.1 Å². The monoisotopic (exact) mass is 491 g/mol. The number of benzene rings is 2. The predicted octanol–water partition coefficient (Wildman–Crippen LogP) is 3.05. The van der Waals surface area contributed by atoms with E-state index < -0.39 is 16.1 Å². The van der Waals surface area contributed by atoms with Crippen molar-refractivity contribution in [1.82, 2.24) is 14.9 Å². The molecule has 9 heteroatoms. The molecule has 0 radical (unpaired) electrons. The van der Waals surface area contributed by atoms with Gasteiger partial charge in [-0.25, -0.2) is 8.42 Å². The summed E-state index contributed by atoms with van der Waals surface area (Å²) in [4.78, 5) is 15.6. The second kappa shape index (κ2) is 12.4. The van der Waals surface area contributed by atoms with Crippen LogP contribution < -0.4 is 14.8 Å². The van der Waals surface area contributed by atoms with Gasteiger partial charge in [0.05, 0.1) is 18.0 Å². The van der Waals surface area contributed by atoms with Crippen LogP contribution in [0.15, 0.2) is 59.5 Å². The zero-order valence-electron chi connectivity index (χ0n) is 19.2. The van der Waals surface area contributed by atoms with Gasteiger partial charge in [-0.15, -0.1) is 0 Å². The zero-order chi connectivity index (χ0) is 23.7. The predicted molar refractivity (Wildman–Crippen MR) is 133 cm³/mol. The molecule has 0 saturated carbocycles. The first-order chi connectivity index (χ1) is 15.9. The number of nitrogens with zero attached hydrogens (tertiary/aromatic N) is 1. The number of carbonyl (C=O) groups is 1. The Kier molecular flexibility index (Phi) is 9.61. The molecule has 1 aliphatic heterocycles. The van der Waals surface area contributed by atoms with E-state index >= 15 is 0 Å². The maximum absolute atomic E-state index is 13.1. The lowest BCUT2D eigenvalue weighted by Gasteiger charge is -2.29. The lowest BCUT2D eigenvalue weighted by Crippen LogP contribution is -2.48. The highest BCUT2D eigenvalue weighted by atomic mass is 32.2. The van der Waals surface area contributed by atoms with Gasteiger partial charge in [0.1, 0.15) is 11.8 Å². The summed E-state index contributed by atoms with van der Waals surface area (Å²) in [6, 6.07) is 15.2. The fraction of sp³-hybridized carbons (Fsp3) is 0.458. The van der Waals surface area contributed by atoms with E-state index in [4.69, 9.17) is 4.74 Å². The Labute approximate surface area is 201 Å². The molecule has 0 aliphatic carbocycles. The van der Waals surface area contributed by atoms with Crippen molar-refractivity contribution in [3.63, 3.8) is 0 Å². The highest BCUT2D eigenvalue weighted by Crippen LogP contribution is 2.26. The first kappa shape index (κ1) is 25.6. The van der Waals surface area contributed by atoms with E-state index in [0.29, 0.717) is 18.7 Å². The second-order valence-electron chi connectivity index (χ2n) is 8.05. The zero-order valence-corrected chi connectivity index (χ0v) is 20.8. The van der Waals surface area contributed by atoms with Crippen molar-refractivity contribution in [2.45, 2.75) is 36.2 Å². The van der Waals surface area contributed by atoms with Gasteiger partial charge in [-0.2, -0.15) is 16.5 Å². The van der Waals surface area contributed by atoms with Crippen LogP contribution in [0.1, 0.15) is 30.9 Å². The number of thioether (sulfide) groups is 1. The van der Waals surface area contributed by atoms with Crippen LogP contribution in [0.25, 0.3) is 0 Å². The van der Waals surface area contributed by atoms with Gasteiger partial charge in [0.15, 0.2) is 0 Å². The van der Waals surface area contributed by atoms with Crippen molar-refractivity contribution in [2.24, 2.45) is 0 Å². The fourth-order valence-corrected chi connectivity index (χ4v) is 5.71. The van der Waals surface area contributed by atoms with Crippen LogP contribution in [0.3, 0.4) is 0 Å². The van der Waals surface area contributed by atoms with Crippen LogP contribution >= 0.6 is 11.8 Å². The Bertz CT molecular complexity index is 979. The molecule has 2 aromatic carbocycles. The summed E-state index contributed by atoms with van der Waals surface area (Å²) in [5.74, 6) is 1.15. The van der Waals surface area contributed by atoms with Gasteiger partial charge < -0.3 is 10.1 Å². The van der Waals surface area contributed by atoms with Gasteiger partial charge in [0.2, 0.25) is 15.9 Å². The van der Waals surface area contributed by atoms with Crippen LogP contribution in [0, 0.1) is 0 Å². The maximum atomic E-state index is 13.1. The summed E-state index contributed by atoms with van der Waals surface area (Å²) in [6.07, 6.45) is 4.62. The number of carbonyl (C=O) groups excluding carboxylic acids is 1. The Hall–Kier alpha value is -2.07. The average molecular weight is 492 g/mol. The van der Waals surface area contributed by atoms with E-state index in [2.05, 4.69) is 14.9 Å². The number of hydrogen-bond donors (Lipinski definition) is 2. The molecule has 1 heterocycles. The normalized spacial score (nSPS) is 16.3. The van der Waals surface area contributed by atoms with Gasteiger partial charge in [-0.1, -0.05) is 30.3 Å². The van der Waals surface area contributed by atoms with E-state index in [0.717, 1.165) is 37.2 Å². The Morgan fingerprint density at radius 2 is 1.76 bits per heavy atom. The summed E-state index contributed by atoms with van der Waals surface area (Å²) in [7, 11) is -2.16. The molecule has 180 valence electrons. The van der Waals surface area contributed by atoms with E-state index in [9.17, 15) is 13.2 Å². The number of ether oxygens (including phenoxy) is 1. The van der Waals surface area contributed by atoms with Crippen molar-refractivity contribution in [3.05, 3.63) is 60.2 Å². The summed E-state index contributed by atoms with van der Waals surface area (Å²) in [6.45, 7) is 2.36. The maximum Gasteiger partial charge on any atom is 0.241 e. The van der Waals surface area contributed by atoms with Crippen molar-refractivity contribution < 1.29 is 17.9 Å². The molecule has 0 aromatic heterocycles. The van der Waals surface area contributed by atoms with Gasteiger partial charge >= 0.3 is 0 Å². The first-order valence-corrected chi connectivity index (χ1v) is 14.0. The number of amides is 1. The van der Waals surface area contributed by atoms with Crippen LogP contribution in [0.5, 0.6) is 5.75 Å². The van der Waals surface area contributed by atoms with Gasteiger partial charge in [-0.3, -0.25) is 9.69 Å². The van der Waals surface area contributed by atoms with Gasteiger partial charge in [0, 0.05) is 6.54 Å². The van der Waals surface area contributed by atoms with Crippen molar-refractivity contribution in [3.8, 4) is 5.75 Å². The SMILES string of the molecule is COc1ccc(C(CNC(=O)C(CCSC)NS(=O)(=O)c2ccccc2)N2CCCC2)cc1. The number of rotatable bonds is 12. The number of nitrogens with one attached hydrogen (secondary N) is 2. The molecule has 7 nitrogen and oxygen atoms in total. The second-order valence-corrected chi connectivity index (χ2v) is 10.7. The highest BCUT2D eigenvalue weighted by Gasteiger charge is 2.28. The molecular weight excluding hydrogens is 458 g/mol. The van der Waals surface area contributed by atoms with E-state index in [1.807, 2.05) is 30.5 Å². The third kappa shape index (κ3) is 7.20. The van der Waals surface area contributed by atoms with Crippen LogP contribution in [0.4, 0.5) is 0 Å². The standard InChI is InChI=1S/C24H33N3O4S2/c1-31-20-12-10-19(11-13-20)23(27-15-6-7-16-27)18-25-24(28)22(14-17-32-2)26-33(29,30)21-8-4-3-5-9-21/h3-5,8-13,22-23,26H,6-7,14-18H2,1-2H3,(H,25,28). The van der Waals surface area contributed by atoms with Crippen LogP contribution in [-0.2, 0) is 14.8 Å². The Morgan fingerprint density at radius 3 is 2.36 bits per heavy atom. The van der Waals surface area contributed by atoms with Crippen molar-refractivity contribution >= 4 is 27.7 Å². The van der Waals surface area contributed by atoms with Crippen molar-refractivity contribution in [2.75, 3.05) is 38.8 Å².